The molecule has 0 aliphatic rings. The zero-order valence-electron chi connectivity index (χ0n) is 9.91. The second-order valence-electron chi connectivity index (χ2n) is 4.25. The van der Waals surface area contributed by atoms with Gasteiger partial charge in [-0.3, -0.25) is 11.3 Å². The van der Waals surface area contributed by atoms with E-state index in [1.165, 1.54) is 0 Å². The third kappa shape index (κ3) is 4.49. The van der Waals surface area contributed by atoms with Crippen molar-refractivity contribution in [1.82, 2.24) is 10.3 Å². The largest absolute Gasteiger partial charge is 0.309 e. The van der Waals surface area contributed by atoms with Crippen molar-refractivity contribution in [1.29, 1.82) is 0 Å². The molecule has 3 nitrogen and oxygen atoms in total. The van der Waals surface area contributed by atoms with E-state index in [0.717, 1.165) is 30.0 Å². The van der Waals surface area contributed by atoms with Crippen molar-refractivity contribution in [3.8, 4) is 0 Å². The second-order valence-corrected chi connectivity index (χ2v) is 4.66. The van der Waals surface area contributed by atoms with Crippen molar-refractivity contribution in [2.24, 2.45) is 5.84 Å². The van der Waals surface area contributed by atoms with E-state index in [-0.39, 0.29) is 6.04 Å². The molecule has 1 aromatic rings. The molecule has 4 heteroatoms. The van der Waals surface area contributed by atoms with Gasteiger partial charge in [-0.05, 0) is 45.1 Å². The summed E-state index contributed by atoms with van der Waals surface area (Å²) in [5.41, 5.74) is 3.99. The first-order chi connectivity index (χ1) is 7.63. The van der Waals surface area contributed by atoms with Crippen LogP contribution in [0.2, 0.25) is 5.02 Å². The molecule has 3 N–H and O–H groups in total. The summed E-state index contributed by atoms with van der Waals surface area (Å²) in [4.78, 5) is 2.15. The molecule has 1 atom stereocenters. The van der Waals surface area contributed by atoms with Gasteiger partial charge in [0.15, 0.2) is 0 Å². The summed E-state index contributed by atoms with van der Waals surface area (Å²) in [5.74, 6) is 5.55. The Morgan fingerprint density at radius 1 is 1.38 bits per heavy atom. The first kappa shape index (κ1) is 13.5. The van der Waals surface area contributed by atoms with E-state index in [2.05, 4.69) is 24.4 Å². The van der Waals surface area contributed by atoms with Crippen LogP contribution in [0.5, 0.6) is 0 Å². The van der Waals surface area contributed by atoms with E-state index in [1.54, 1.807) is 0 Å². The summed E-state index contributed by atoms with van der Waals surface area (Å²) < 4.78 is 0. The minimum Gasteiger partial charge on any atom is -0.309 e. The fourth-order valence-electron chi connectivity index (χ4n) is 1.59. The highest BCUT2D eigenvalue weighted by molar-refractivity contribution is 6.31. The van der Waals surface area contributed by atoms with E-state index in [1.807, 2.05) is 24.3 Å². The molecule has 0 amide bonds. The van der Waals surface area contributed by atoms with Crippen LogP contribution in [0.3, 0.4) is 0 Å². The fraction of sp³-hybridized carbons (Fsp3) is 0.500. The molecule has 0 fully saturated rings. The van der Waals surface area contributed by atoms with Crippen LogP contribution in [0.4, 0.5) is 0 Å². The molecule has 16 heavy (non-hydrogen) atoms. The third-order valence-electron chi connectivity index (χ3n) is 2.58. The number of hydrogen-bond acceptors (Lipinski definition) is 3. The van der Waals surface area contributed by atoms with Crippen molar-refractivity contribution in [3.63, 3.8) is 0 Å². The van der Waals surface area contributed by atoms with Gasteiger partial charge in [-0.1, -0.05) is 29.8 Å². The number of nitrogens with zero attached hydrogens (tertiary/aromatic N) is 1. The van der Waals surface area contributed by atoms with Crippen molar-refractivity contribution < 1.29 is 0 Å². The number of rotatable bonds is 6. The normalized spacial score (nSPS) is 13.1. The smallest absolute Gasteiger partial charge is 0.0438 e. The highest BCUT2D eigenvalue weighted by Crippen LogP contribution is 2.17. The summed E-state index contributed by atoms with van der Waals surface area (Å²) in [6, 6.07) is 8.16. The summed E-state index contributed by atoms with van der Waals surface area (Å²) in [7, 11) is 4.12. The highest BCUT2D eigenvalue weighted by atomic mass is 35.5. The summed E-state index contributed by atoms with van der Waals surface area (Å²) >= 11 is 6.11. The first-order valence-corrected chi connectivity index (χ1v) is 5.85. The van der Waals surface area contributed by atoms with Gasteiger partial charge in [0.25, 0.3) is 0 Å². The van der Waals surface area contributed by atoms with Crippen LogP contribution >= 0.6 is 11.6 Å². The molecule has 1 aromatic carbocycles. The van der Waals surface area contributed by atoms with E-state index in [0.29, 0.717) is 0 Å². The third-order valence-corrected chi connectivity index (χ3v) is 2.95. The molecule has 0 bridgehead atoms. The standard InChI is InChI=1S/C12H20ClN3/c1-16(2)8-7-11(15-14)9-10-5-3-4-6-12(10)13/h3-6,11,15H,7-9,14H2,1-2H3. The van der Waals surface area contributed by atoms with Crippen LogP contribution in [0.1, 0.15) is 12.0 Å². The summed E-state index contributed by atoms with van der Waals surface area (Å²) in [6.45, 7) is 1.01. The quantitative estimate of drug-likeness (QED) is 0.588. The molecule has 1 unspecified atom stereocenters. The van der Waals surface area contributed by atoms with Crippen molar-refractivity contribution in [2.45, 2.75) is 18.9 Å². The molecule has 0 spiro atoms. The van der Waals surface area contributed by atoms with Crippen molar-refractivity contribution >= 4 is 11.6 Å². The zero-order chi connectivity index (χ0) is 12.0. The Bertz CT molecular complexity index is 315. The SMILES string of the molecule is CN(C)CCC(Cc1ccccc1Cl)NN. The fourth-order valence-corrected chi connectivity index (χ4v) is 1.80. The topological polar surface area (TPSA) is 41.3 Å². The van der Waals surface area contributed by atoms with Gasteiger partial charge in [0.2, 0.25) is 0 Å². The number of hydrazine groups is 1. The lowest BCUT2D eigenvalue weighted by Gasteiger charge is -2.19. The molecule has 0 aliphatic carbocycles. The molecule has 0 saturated carbocycles. The molecular formula is C12H20ClN3. The van der Waals surface area contributed by atoms with Crippen LogP contribution in [-0.2, 0) is 6.42 Å². The zero-order valence-corrected chi connectivity index (χ0v) is 10.7. The van der Waals surface area contributed by atoms with Gasteiger partial charge in [-0.25, -0.2) is 0 Å². The van der Waals surface area contributed by atoms with Crippen LogP contribution < -0.4 is 11.3 Å². The minimum absolute atomic E-state index is 0.266. The van der Waals surface area contributed by atoms with E-state index in [9.17, 15) is 0 Å². The minimum atomic E-state index is 0.266. The lowest BCUT2D eigenvalue weighted by molar-refractivity contribution is 0.358. The van der Waals surface area contributed by atoms with Gasteiger partial charge in [0.1, 0.15) is 0 Å². The number of halogens is 1. The molecule has 0 saturated heterocycles. The number of hydrogen-bond donors (Lipinski definition) is 2. The number of benzene rings is 1. The molecule has 0 radical (unpaired) electrons. The molecule has 1 rings (SSSR count). The molecule has 0 aliphatic heterocycles. The summed E-state index contributed by atoms with van der Waals surface area (Å²) in [5, 5.41) is 0.813. The Hall–Kier alpha value is -0.610. The van der Waals surface area contributed by atoms with E-state index < -0.39 is 0 Å². The predicted molar refractivity (Wildman–Crippen MR) is 69.4 cm³/mol. The lowest BCUT2D eigenvalue weighted by Crippen LogP contribution is -2.38. The molecular weight excluding hydrogens is 222 g/mol. The van der Waals surface area contributed by atoms with Crippen LogP contribution in [0, 0.1) is 0 Å². The van der Waals surface area contributed by atoms with E-state index in [4.69, 9.17) is 17.4 Å². The van der Waals surface area contributed by atoms with Crippen LogP contribution in [-0.4, -0.2) is 31.6 Å². The van der Waals surface area contributed by atoms with Crippen LogP contribution in [0.15, 0.2) is 24.3 Å². The highest BCUT2D eigenvalue weighted by Gasteiger charge is 2.09. The first-order valence-electron chi connectivity index (χ1n) is 5.47. The number of nitrogens with one attached hydrogen (secondary N) is 1. The van der Waals surface area contributed by atoms with Crippen LogP contribution in [0.25, 0.3) is 0 Å². The predicted octanol–water partition coefficient (Wildman–Crippen LogP) is 1.67. The summed E-state index contributed by atoms with van der Waals surface area (Å²) in [6.07, 6.45) is 1.87. The Morgan fingerprint density at radius 3 is 2.62 bits per heavy atom. The van der Waals surface area contributed by atoms with Gasteiger partial charge in [0, 0.05) is 11.1 Å². The molecule has 0 heterocycles. The van der Waals surface area contributed by atoms with Gasteiger partial charge in [-0.2, -0.15) is 0 Å². The van der Waals surface area contributed by atoms with Gasteiger partial charge >= 0.3 is 0 Å². The maximum Gasteiger partial charge on any atom is 0.0438 e. The Labute approximate surface area is 103 Å². The maximum absolute atomic E-state index is 6.11. The Balaban J connectivity index is 2.53. The van der Waals surface area contributed by atoms with Crippen molar-refractivity contribution in [2.75, 3.05) is 20.6 Å². The monoisotopic (exact) mass is 241 g/mol. The molecule has 0 aromatic heterocycles. The van der Waals surface area contributed by atoms with Gasteiger partial charge in [0.05, 0.1) is 0 Å². The number of nitrogens with two attached hydrogens (primary N) is 1. The molecule has 90 valence electrons. The Kier molecular flexibility index (Phi) is 5.77. The second kappa shape index (κ2) is 6.86. The Morgan fingerprint density at radius 2 is 2.06 bits per heavy atom. The lowest BCUT2D eigenvalue weighted by atomic mass is 10.0. The maximum atomic E-state index is 6.11. The van der Waals surface area contributed by atoms with Gasteiger partial charge in [-0.15, -0.1) is 0 Å². The average molecular weight is 242 g/mol. The van der Waals surface area contributed by atoms with E-state index >= 15 is 0 Å². The average Bonchev–Trinajstić information content (AvgIpc) is 2.26. The van der Waals surface area contributed by atoms with Gasteiger partial charge < -0.3 is 4.90 Å². The van der Waals surface area contributed by atoms with Crippen molar-refractivity contribution in [3.05, 3.63) is 34.9 Å².